The van der Waals surface area contributed by atoms with E-state index in [0.717, 1.165) is 0 Å². The van der Waals surface area contributed by atoms with Crippen LogP contribution in [0.5, 0.6) is 0 Å². The molecule has 4 heteroatoms. The Hall–Kier alpha value is 0.109. The van der Waals surface area contributed by atoms with Crippen LogP contribution in [0.15, 0.2) is 0 Å². The van der Waals surface area contributed by atoms with E-state index in [2.05, 4.69) is 0 Å². The van der Waals surface area contributed by atoms with Crippen molar-refractivity contribution < 1.29 is 32.8 Å². The summed E-state index contributed by atoms with van der Waals surface area (Å²) in [6, 6.07) is 0. The average Bonchev–Trinajstić information content (AvgIpc) is 0.811. The van der Waals surface area contributed by atoms with Gasteiger partial charge in [-0.3, -0.25) is 0 Å². The third kappa shape index (κ3) is 8610. The van der Waals surface area contributed by atoms with Gasteiger partial charge >= 0.3 is 0 Å². The Labute approximate surface area is 53.2 Å². The largest absolute Gasteiger partial charge is 2.00 e. The normalized spacial score (nSPS) is 3.71. The molecule has 0 unspecified atom stereocenters. The summed E-state index contributed by atoms with van der Waals surface area (Å²) < 4.78 is 0. The van der Waals surface area contributed by atoms with E-state index in [0.29, 0.717) is 0 Å². The molecule has 3 nitrogen and oxygen atoms in total. The van der Waals surface area contributed by atoms with Gasteiger partial charge in [0.05, 0.1) is 0 Å². The number of carbonyl (C=O) groups excluding carboxylic acids is 1. The summed E-state index contributed by atoms with van der Waals surface area (Å²) in [7, 11) is 0. The molecule has 0 aromatic rings. The van der Waals surface area contributed by atoms with Crippen LogP contribution in [0.25, 0.3) is 0 Å². The minimum absolute atomic E-state index is 0. The first kappa shape index (κ1) is 27.4. The van der Waals surface area contributed by atoms with Crippen LogP contribution >= 0.6 is 0 Å². The predicted octanol–water partition coefficient (Wildman–Crippen LogP) is 0.355. The number of ketones is 1. The molecule has 0 fully saturated rings. The summed E-state index contributed by atoms with van der Waals surface area (Å²) in [5.74, 6) is 0.167. The first-order valence-corrected chi connectivity index (χ1v) is 1.20. The van der Waals surface area contributed by atoms with Crippen molar-refractivity contribution in [3.63, 3.8) is 0 Å². The molecule has 0 bridgehead atoms. The molecule has 0 aliphatic rings. The molecule has 0 aliphatic carbocycles. The van der Waals surface area contributed by atoms with Crippen LogP contribution in [0.2, 0.25) is 0 Å². The molecule has 0 aromatic carbocycles. The molecule has 0 N–H and O–H groups in total. The zero-order valence-corrected chi connectivity index (χ0v) is 5.28. The summed E-state index contributed by atoms with van der Waals surface area (Å²) in [5, 5.41) is 0. The third-order valence-corrected chi connectivity index (χ3v) is 0. The van der Waals surface area contributed by atoms with Crippen LogP contribution < -0.4 is 0 Å². The zero-order valence-electron chi connectivity index (χ0n) is 4.10. The van der Waals surface area contributed by atoms with E-state index in [1.165, 1.54) is 13.8 Å². The van der Waals surface area contributed by atoms with Crippen molar-refractivity contribution in [3.8, 4) is 0 Å². The minimum atomic E-state index is 0. The van der Waals surface area contributed by atoms with Crippen molar-refractivity contribution in [1.29, 1.82) is 0 Å². The van der Waals surface area contributed by atoms with Crippen LogP contribution in [0.3, 0.4) is 0 Å². The first-order chi connectivity index (χ1) is 1.73. The molecule has 0 heterocycles. The van der Waals surface area contributed by atoms with Gasteiger partial charge in [0.1, 0.15) is 5.78 Å². The van der Waals surface area contributed by atoms with E-state index in [-0.39, 0.29) is 33.8 Å². The molecule has 7 heavy (non-hydrogen) atoms. The van der Waals surface area contributed by atoms with E-state index in [1.54, 1.807) is 0 Å². The monoisotopic (exact) mass is 145 g/mol. The quantitative estimate of drug-likeness (QED) is 0.453. The van der Waals surface area contributed by atoms with Crippen LogP contribution in [0.1, 0.15) is 13.8 Å². The van der Waals surface area contributed by atoms with Gasteiger partial charge in [0.2, 0.25) is 0 Å². The van der Waals surface area contributed by atoms with Gasteiger partial charge in [-0.05, 0) is 13.8 Å². The number of rotatable bonds is 0. The second kappa shape index (κ2) is 16.5. The minimum Gasteiger partial charge on any atom is -2.00 e. The topological polar surface area (TPSA) is 74.1 Å². The SMILES string of the molecule is CC(C)=O.[Mn].[O-2].[O-2]. The second-order valence-corrected chi connectivity index (χ2v) is 0.908. The molecule has 47 valence electrons. The maximum atomic E-state index is 9.44. The number of carbonyl (C=O) groups is 1. The van der Waals surface area contributed by atoms with Gasteiger partial charge in [0.25, 0.3) is 0 Å². The molecule has 0 saturated heterocycles. The van der Waals surface area contributed by atoms with Gasteiger partial charge in [0.15, 0.2) is 0 Å². The molecular formula is C3H6MnO3-4. The van der Waals surface area contributed by atoms with Gasteiger partial charge in [-0.25, -0.2) is 0 Å². The molecule has 0 aliphatic heterocycles. The zero-order chi connectivity index (χ0) is 3.58. The molecule has 0 spiro atoms. The van der Waals surface area contributed by atoms with Crippen molar-refractivity contribution in [3.05, 3.63) is 0 Å². The average molecular weight is 145 g/mol. The summed E-state index contributed by atoms with van der Waals surface area (Å²) >= 11 is 0. The summed E-state index contributed by atoms with van der Waals surface area (Å²) in [6.45, 7) is 3.06. The molecular weight excluding hydrogens is 139 g/mol. The van der Waals surface area contributed by atoms with Crippen LogP contribution in [-0.4, -0.2) is 5.78 Å². The van der Waals surface area contributed by atoms with Crippen molar-refractivity contribution in [2.45, 2.75) is 13.8 Å². The van der Waals surface area contributed by atoms with E-state index in [1.807, 2.05) is 0 Å². The number of hydrogen-bond donors (Lipinski definition) is 0. The first-order valence-electron chi connectivity index (χ1n) is 1.20. The van der Waals surface area contributed by atoms with Crippen LogP contribution in [0, 0.1) is 0 Å². The standard InChI is InChI=1S/C3H6O.Mn.2O/c1-3(2)4;;;/h1-2H3;;;/q;;2*-2. The second-order valence-electron chi connectivity index (χ2n) is 0.908. The summed E-state index contributed by atoms with van der Waals surface area (Å²) in [5.41, 5.74) is 0. The fourth-order valence-corrected chi connectivity index (χ4v) is 0. The molecule has 0 rings (SSSR count). The van der Waals surface area contributed by atoms with Gasteiger partial charge in [-0.15, -0.1) is 0 Å². The van der Waals surface area contributed by atoms with Crippen LogP contribution in [-0.2, 0) is 32.8 Å². The fraction of sp³-hybridized carbons (Fsp3) is 0.667. The van der Waals surface area contributed by atoms with Crippen molar-refractivity contribution in [1.82, 2.24) is 0 Å². The smallest absolute Gasteiger partial charge is 0.126 e. The van der Waals surface area contributed by atoms with Gasteiger partial charge < -0.3 is 15.7 Å². The molecule has 0 atom stereocenters. The number of hydrogen-bond acceptors (Lipinski definition) is 1. The van der Waals surface area contributed by atoms with Gasteiger partial charge in [-0.2, -0.15) is 0 Å². The van der Waals surface area contributed by atoms with Crippen molar-refractivity contribution in [2.24, 2.45) is 0 Å². The summed E-state index contributed by atoms with van der Waals surface area (Å²) in [6.07, 6.45) is 0. The van der Waals surface area contributed by atoms with E-state index in [4.69, 9.17) is 0 Å². The molecule has 0 saturated carbocycles. The molecule has 0 amide bonds. The van der Waals surface area contributed by atoms with Crippen LogP contribution in [0.4, 0.5) is 0 Å². The Morgan fingerprint density at radius 3 is 1.14 bits per heavy atom. The molecule has 1 radical (unpaired) electrons. The van der Waals surface area contributed by atoms with Crippen molar-refractivity contribution in [2.75, 3.05) is 0 Å². The van der Waals surface area contributed by atoms with Gasteiger partial charge in [-0.1, -0.05) is 0 Å². The number of Topliss-reactive ketones (excluding diaryl/α,β-unsaturated/α-hetero) is 1. The van der Waals surface area contributed by atoms with E-state index < -0.39 is 0 Å². The fourth-order valence-electron chi connectivity index (χ4n) is 0. The van der Waals surface area contributed by atoms with E-state index in [9.17, 15) is 4.79 Å². The maximum Gasteiger partial charge on any atom is 0.126 e. The van der Waals surface area contributed by atoms with E-state index >= 15 is 0 Å². The Morgan fingerprint density at radius 1 is 1.14 bits per heavy atom. The van der Waals surface area contributed by atoms with Gasteiger partial charge in [0, 0.05) is 17.1 Å². The predicted molar refractivity (Wildman–Crippen MR) is 17.7 cm³/mol. The molecule has 0 aromatic heterocycles. The Bertz CT molecular complexity index is 33.2. The van der Waals surface area contributed by atoms with Crippen molar-refractivity contribution >= 4 is 5.78 Å². The third-order valence-electron chi connectivity index (χ3n) is 0. The summed E-state index contributed by atoms with van der Waals surface area (Å²) in [4.78, 5) is 9.44. The Balaban J connectivity index is -0.0000000150. The maximum absolute atomic E-state index is 9.44. The Kier molecular flexibility index (Phi) is 64.7. The Morgan fingerprint density at radius 2 is 1.14 bits per heavy atom.